The Morgan fingerprint density at radius 1 is 1.03 bits per heavy atom. The first-order valence-corrected chi connectivity index (χ1v) is 11.5. The second-order valence-corrected chi connectivity index (χ2v) is 9.13. The van der Waals surface area contributed by atoms with Gasteiger partial charge >= 0.3 is 0 Å². The van der Waals surface area contributed by atoms with Crippen molar-refractivity contribution in [2.75, 3.05) is 18.8 Å². The molecule has 2 bridgehead atoms. The van der Waals surface area contributed by atoms with Crippen LogP contribution < -0.4 is 11.1 Å². The van der Waals surface area contributed by atoms with Gasteiger partial charge in [0, 0.05) is 37.3 Å². The smallest absolute Gasteiger partial charge is 0.262 e. The van der Waals surface area contributed by atoms with Gasteiger partial charge in [-0.2, -0.15) is 4.98 Å². The maximum atomic E-state index is 13.1. The minimum absolute atomic E-state index is 0.0152. The van der Waals surface area contributed by atoms with E-state index in [1.165, 1.54) is 4.57 Å². The van der Waals surface area contributed by atoms with Crippen molar-refractivity contribution >= 4 is 17.7 Å². The van der Waals surface area contributed by atoms with E-state index in [2.05, 4.69) is 4.98 Å². The van der Waals surface area contributed by atoms with Crippen molar-refractivity contribution in [1.29, 1.82) is 0 Å². The topological polar surface area (TPSA) is 97.4 Å². The third-order valence-corrected chi connectivity index (χ3v) is 6.97. The molecule has 1 saturated heterocycles. The van der Waals surface area contributed by atoms with Gasteiger partial charge in [0.1, 0.15) is 0 Å². The van der Waals surface area contributed by atoms with E-state index in [-0.39, 0.29) is 40.1 Å². The number of thioether (sulfide) groups is 1. The average Bonchev–Trinajstić information content (AvgIpc) is 2.78. The molecule has 32 heavy (non-hydrogen) atoms. The lowest BCUT2D eigenvalue weighted by molar-refractivity contribution is -0.131. The number of rotatable bonds is 4. The van der Waals surface area contributed by atoms with E-state index >= 15 is 0 Å². The summed E-state index contributed by atoms with van der Waals surface area (Å²) < 4.78 is 3.23. The van der Waals surface area contributed by atoms with E-state index in [0.717, 1.165) is 29.9 Å². The Bertz CT molecular complexity index is 1290. The van der Waals surface area contributed by atoms with Crippen molar-refractivity contribution in [2.45, 2.75) is 24.0 Å². The zero-order chi connectivity index (χ0) is 22.2. The number of piperidine rings is 1. The highest BCUT2D eigenvalue weighted by atomic mass is 32.2. The van der Waals surface area contributed by atoms with Crippen LogP contribution in [0.15, 0.2) is 69.3 Å². The Hall–Kier alpha value is -3.33. The normalized spacial score (nSPS) is 19.4. The number of carbonyl (C=O) groups is 1. The molecule has 0 aliphatic carbocycles. The second-order valence-electron chi connectivity index (χ2n) is 8.19. The summed E-state index contributed by atoms with van der Waals surface area (Å²) in [5.41, 5.74) is 1.22. The number of para-hydroxylation sites is 1. The summed E-state index contributed by atoms with van der Waals surface area (Å²) in [6.07, 6.45) is 0.974. The molecule has 0 radical (unpaired) electrons. The highest BCUT2D eigenvalue weighted by Crippen LogP contribution is 2.35. The van der Waals surface area contributed by atoms with E-state index in [9.17, 15) is 19.5 Å². The fourth-order valence-electron chi connectivity index (χ4n) is 4.68. The monoisotopic (exact) mass is 450 g/mol. The van der Waals surface area contributed by atoms with Crippen molar-refractivity contribution in [2.24, 2.45) is 5.92 Å². The van der Waals surface area contributed by atoms with Gasteiger partial charge in [0.15, 0.2) is 5.16 Å². The number of likely N-dealkylation sites (tertiary alicyclic amines) is 1. The molecule has 5 rings (SSSR count). The van der Waals surface area contributed by atoms with Gasteiger partial charge in [-0.05, 0) is 30.5 Å². The maximum Gasteiger partial charge on any atom is 0.262 e. The van der Waals surface area contributed by atoms with Crippen LogP contribution in [0.1, 0.15) is 18.0 Å². The zero-order valence-corrected chi connectivity index (χ0v) is 18.1. The summed E-state index contributed by atoms with van der Waals surface area (Å²) >= 11 is 1.13. The van der Waals surface area contributed by atoms with E-state index in [0.29, 0.717) is 25.3 Å². The van der Waals surface area contributed by atoms with Crippen molar-refractivity contribution in [3.05, 3.63) is 81.0 Å². The Morgan fingerprint density at radius 2 is 1.84 bits per heavy atom. The van der Waals surface area contributed by atoms with Crippen LogP contribution in [0.2, 0.25) is 0 Å². The summed E-state index contributed by atoms with van der Waals surface area (Å²) in [5, 5.41) is 10.1. The minimum Gasteiger partial charge on any atom is -0.493 e. The largest absolute Gasteiger partial charge is 0.493 e. The zero-order valence-electron chi connectivity index (χ0n) is 17.3. The highest BCUT2D eigenvalue weighted by molar-refractivity contribution is 7.99. The average molecular weight is 451 g/mol. The second kappa shape index (κ2) is 8.31. The SMILES string of the molecule is O=C(CSc1nc(O)cc(=O)n1-c1ccccc1)N1CC2CC(C1)c1cccc(=O)n1C2. The third-order valence-electron chi connectivity index (χ3n) is 6.05. The number of nitrogens with zero attached hydrogens (tertiary/aromatic N) is 4. The molecule has 3 aromatic rings. The molecule has 164 valence electrons. The molecule has 2 unspecified atom stereocenters. The number of fused-ring (bicyclic) bond motifs is 4. The number of hydrogen-bond donors (Lipinski definition) is 1. The van der Waals surface area contributed by atoms with Gasteiger partial charge in [0.05, 0.1) is 17.5 Å². The number of amides is 1. The van der Waals surface area contributed by atoms with Crippen LogP contribution in [-0.4, -0.2) is 48.9 Å². The van der Waals surface area contributed by atoms with Crippen molar-refractivity contribution in [3.63, 3.8) is 0 Å². The van der Waals surface area contributed by atoms with Crippen LogP contribution in [0.5, 0.6) is 5.88 Å². The molecule has 2 aliphatic heterocycles. The lowest BCUT2D eigenvalue weighted by Crippen LogP contribution is -2.49. The summed E-state index contributed by atoms with van der Waals surface area (Å²) in [4.78, 5) is 43.7. The minimum atomic E-state index is -0.409. The molecule has 1 amide bonds. The molecular weight excluding hydrogens is 428 g/mol. The number of aromatic nitrogens is 3. The molecule has 4 heterocycles. The number of carbonyl (C=O) groups excluding carboxylic acids is 1. The van der Waals surface area contributed by atoms with Crippen LogP contribution in [0.4, 0.5) is 0 Å². The Kier molecular flexibility index (Phi) is 5.34. The summed E-state index contributed by atoms with van der Waals surface area (Å²) in [7, 11) is 0. The van der Waals surface area contributed by atoms with Gasteiger partial charge in [-0.25, -0.2) is 0 Å². The molecule has 1 fully saturated rings. The maximum absolute atomic E-state index is 13.1. The van der Waals surface area contributed by atoms with Gasteiger partial charge in [-0.1, -0.05) is 36.0 Å². The molecule has 0 saturated carbocycles. The summed E-state index contributed by atoms with van der Waals surface area (Å²) in [6.45, 7) is 1.80. The predicted octanol–water partition coefficient (Wildman–Crippen LogP) is 1.84. The van der Waals surface area contributed by atoms with Crippen molar-refractivity contribution in [3.8, 4) is 11.6 Å². The lowest BCUT2D eigenvalue weighted by atomic mass is 9.83. The summed E-state index contributed by atoms with van der Waals surface area (Å²) in [5.74, 6) is 0.0767. The Morgan fingerprint density at radius 3 is 2.66 bits per heavy atom. The van der Waals surface area contributed by atoms with E-state index in [1.807, 2.05) is 33.7 Å². The van der Waals surface area contributed by atoms with Gasteiger partial charge in [-0.15, -0.1) is 0 Å². The molecule has 0 spiro atoms. The fraction of sp³-hybridized carbons (Fsp3) is 0.304. The first kappa shape index (κ1) is 20.6. The Labute approximate surface area is 188 Å². The van der Waals surface area contributed by atoms with E-state index in [4.69, 9.17) is 0 Å². The first-order chi connectivity index (χ1) is 15.5. The molecule has 8 nitrogen and oxygen atoms in total. The summed E-state index contributed by atoms with van der Waals surface area (Å²) in [6, 6.07) is 15.4. The molecule has 1 N–H and O–H groups in total. The molecule has 2 atom stereocenters. The van der Waals surface area contributed by atoms with Crippen molar-refractivity contribution in [1.82, 2.24) is 19.0 Å². The first-order valence-electron chi connectivity index (χ1n) is 10.5. The van der Waals surface area contributed by atoms with Gasteiger partial charge < -0.3 is 14.6 Å². The number of hydrogen-bond acceptors (Lipinski definition) is 6. The number of aromatic hydroxyl groups is 1. The van der Waals surface area contributed by atoms with Crippen LogP contribution >= 0.6 is 11.8 Å². The molecule has 9 heteroatoms. The van der Waals surface area contributed by atoms with Crippen LogP contribution in [0.3, 0.4) is 0 Å². The van der Waals surface area contributed by atoms with Gasteiger partial charge in [0.2, 0.25) is 11.8 Å². The van der Waals surface area contributed by atoms with E-state index in [1.54, 1.807) is 24.3 Å². The number of benzene rings is 1. The fourth-order valence-corrected chi connectivity index (χ4v) is 5.60. The van der Waals surface area contributed by atoms with Crippen LogP contribution in [0, 0.1) is 5.92 Å². The molecule has 2 aromatic heterocycles. The van der Waals surface area contributed by atoms with E-state index < -0.39 is 5.56 Å². The molecular formula is C23H22N4O4S. The van der Waals surface area contributed by atoms with Crippen LogP contribution in [-0.2, 0) is 11.3 Å². The lowest BCUT2D eigenvalue weighted by Gasteiger charge is -2.42. The molecule has 2 aliphatic rings. The van der Waals surface area contributed by atoms with Gasteiger partial charge in [0.25, 0.3) is 11.1 Å². The predicted molar refractivity (Wildman–Crippen MR) is 120 cm³/mol. The third kappa shape index (κ3) is 3.84. The standard InChI is InChI=1S/C23H22N4O4S/c28-19-10-21(30)27(17-5-2-1-3-6-17)23(24-19)32-14-22(31)25-11-15-9-16(13-25)18-7-4-8-20(29)26(18)12-15/h1-8,10,15-16,28H,9,11-14H2. The molecule has 1 aromatic carbocycles. The highest BCUT2D eigenvalue weighted by Gasteiger charge is 2.36. The van der Waals surface area contributed by atoms with Gasteiger partial charge in [-0.3, -0.25) is 19.0 Å². The van der Waals surface area contributed by atoms with Crippen LogP contribution in [0.25, 0.3) is 5.69 Å². The van der Waals surface area contributed by atoms with Crippen molar-refractivity contribution < 1.29 is 9.90 Å². The Balaban J connectivity index is 1.34. The quantitative estimate of drug-likeness (QED) is 0.481. The number of pyridine rings is 1.